The molecular weight excluding hydrogens is 306 g/mol. The van der Waals surface area contributed by atoms with Crippen LogP contribution in [0, 0.1) is 5.82 Å². The van der Waals surface area contributed by atoms with Crippen molar-refractivity contribution in [1.82, 2.24) is 14.9 Å². The third-order valence-electron chi connectivity index (χ3n) is 3.29. The second kappa shape index (κ2) is 6.45. The van der Waals surface area contributed by atoms with Crippen molar-refractivity contribution >= 4 is 5.91 Å². The summed E-state index contributed by atoms with van der Waals surface area (Å²) in [5, 5.41) is 0. The zero-order valence-corrected chi connectivity index (χ0v) is 11.9. The molecule has 0 aromatic carbocycles. The Kier molecular flexibility index (Phi) is 4.82. The van der Waals surface area contributed by atoms with Crippen LogP contribution >= 0.6 is 0 Å². The molecule has 0 bridgehead atoms. The first-order valence-electron chi connectivity index (χ1n) is 6.80. The highest BCUT2D eigenvalue weighted by Gasteiger charge is 2.36. The highest BCUT2D eigenvalue weighted by Crippen LogP contribution is 2.24. The molecule has 22 heavy (non-hydrogen) atoms. The molecule has 1 aliphatic heterocycles. The van der Waals surface area contributed by atoms with Crippen LogP contribution in [0.2, 0.25) is 0 Å². The lowest BCUT2D eigenvalue weighted by molar-refractivity contribution is -0.160. The molecule has 0 radical (unpaired) electrons. The summed E-state index contributed by atoms with van der Waals surface area (Å²) >= 11 is 0. The summed E-state index contributed by atoms with van der Waals surface area (Å²) in [5.74, 6) is -1.91. The molecule has 0 aliphatic carbocycles. The van der Waals surface area contributed by atoms with Crippen molar-refractivity contribution in [2.24, 2.45) is 0 Å². The first-order valence-corrected chi connectivity index (χ1v) is 6.80. The monoisotopic (exact) mass is 321 g/mol. The minimum absolute atomic E-state index is 0.0141. The number of hydrogen-bond acceptors (Lipinski definition) is 4. The van der Waals surface area contributed by atoms with Crippen molar-refractivity contribution < 1.29 is 27.1 Å². The number of nitrogens with zero attached hydrogens (tertiary/aromatic N) is 3. The highest BCUT2D eigenvalue weighted by molar-refractivity contribution is 5.77. The number of ether oxygens (including phenoxy) is 1. The number of aryl methyl sites for hydroxylation is 1. The third kappa shape index (κ3) is 4.05. The van der Waals surface area contributed by atoms with E-state index in [9.17, 15) is 22.4 Å². The summed E-state index contributed by atoms with van der Waals surface area (Å²) < 4.78 is 55.9. The molecule has 0 spiro atoms. The van der Waals surface area contributed by atoms with Crippen LogP contribution in [0.15, 0.2) is 6.33 Å². The molecule has 1 atom stereocenters. The smallest absolute Gasteiger partial charge is 0.397 e. The number of hydrogen-bond donors (Lipinski definition) is 0. The lowest BCUT2D eigenvalue weighted by Crippen LogP contribution is -2.34. The molecule has 1 aromatic heterocycles. The maximum atomic E-state index is 13.9. The lowest BCUT2D eigenvalue weighted by atomic mass is 10.3. The van der Waals surface area contributed by atoms with Crippen molar-refractivity contribution in [3.63, 3.8) is 0 Å². The Balaban J connectivity index is 1.96. The van der Waals surface area contributed by atoms with Crippen molar-refractivity contribution in [1.29, 1.82) is 0 Å². The molecule has 0 saturated carbocycles. The Morgan fingerprint density at radius 3 is 2.82 bits per heavy atom. The number of likely N-dealkylation sites (tertiary alicyclic amines) is 1. The van der Waals surface area contributed by atoms with Gasteiger partial charge in [0, 0.05) is 13.0 Å². The quantitative estimate of drug-likeness (QED) is 0.797. The summed E-state index contributed by atoms with van der Waals surface area (Å²) in [6.45, 7) is 1.86. The van der Waals surface area contributed by atoms with Crippen molar-refractivity contribution in [3.05, 3.63) is 17.8 Å². The molecule has 1 amide bonds. The van der Waals surface area contributed by atoms with Crippen molar-refractivity contribution in [3.8, 4) is 5.88 Å². The molecule has 122 valence electrons. The lowest BCUT2D eigenvalue weighted by Gasteiger charge is -2.18. The van der Waals surface area contributed by atoms with Gasteiger partial charge >= 0.3 is 6.18 Å². The number of aromatic nitrogens is 2. The third-order valence-corrected chi connectivity index (χ3v) is 3.29. The summed E-state index contributed by atoms with van der Waals surface area (Å²) in [4.78, 5) is 20.0. The molecule has 1 saturated heterocycles. The second-order valence-corrected chi connectivity index (χ2v) is 4.95. The number of alkyl halides is 3. The van der Waals surface area contributed by atoms with Crippen LogP contribution in [-0.4, -0.2) is 46.1 Å². The van der Waals surface area contributed by atoms with Gasteiger partial charge in [0.05, 0.1) is 12.2 Å². The van der Waals surface area contributed by atoms with Gasteiger partial charge in [-0.2, -0.15) is 22.5 Å². The van der Waals surface area contributed by atoms with E-state index in [2.05, 4.69) is 9.97 Å². The van der Waals surface area contributed by atoms with Gasteiger partial charge in [-0.05, 0) is 6.42 Å². The normalized spacial score (nSPS) is 18.6. The average Bonchev–Trinajstić information content (AvgIpc) is 2.88. The topological polar surface area (TPSA) is 55.3 Å². The number of amides is 1. The summed E-state index contributed by atoms with van der Waals surface area (Å²) in [5.41, 5.74) is 0.202. The van der Waals surface area contributed by atoms with Crippen LogP contribution in [0.4, 0.5) is 17.6 Å². The van der Waals surface area contributed by atoms with Gasteiger partial charge in [0.15, 0.2) is 0 Å². The largest absolute Gasteiger partial charge is 0.470 e. The minimum Gasteiger partial charge on any atom is -0.470 e. The highest BCUT2D eigenvalue weighted by atomic mass is 19.4. The van der Waals surface area contributed by atoms with Gasteiger partial charge in [-0.3, -0.25) is 4.79 Å². The zero-order chi connectivity index (χ0) is 16.3. The van der Waals surface area contributed by atoms with Gasteiger partial charge in [-0.1, -0.05) is 6.92 Å². The van der Waals surface area contributed by atoms with Crippen LogP contribution in [0.3, 0.4) is 0 Å². The molecule has 0 unspecified atom stereocenters. The van der Waals surface area contributed by atoms with E-state index in [1.807, 2.05) is 0 Å². The van der Waals surface area contributed by atoms with Gasteiger partial charge in [0.1, 0.15) is 18.9 Å². The van der Waals surface area contributed by atoms with E-state index < -0.39 is 30.4 Å². The van der Waals surface area contributed by atoms with Gasteiger partial charge < -0.3 is 9.64 Å². The number of halogens is 4. The maximum Gasteiger partial charge on any atom is 0.397 e. The van der Waals surface area contributed by atoms with Crippen LogP contribution in [0.5, 0.6) is 5.88 Å². The number of carbonyl (C=O) groups excluding carboxylic acids is 1. The first-order chi connectivity index (χ1) is 10.3. The fraction of sp³-hybridized carbons (Fsp3) is 0.615. The molecular formula is C13H15F4N3O2. The Labute approximate surface area is 124 Å². The minimum atomic E-state index is -4.54. The van der Waals surface area contributed by atoms with Crippen molar-refractivity contribution in [2.75, 3.05) is 13.1 Å². The molecule has 2 heterocycles. The maximum absolute atomic E-state index is 13.9. The SMILES string of the molecule is CCc1ncnc(O[C@H]2CCN(C(=O)CC(F)(F)F)C2)c1F. The van der Waals surface area contributed by atoms with Gasteiger partial charge in [-0.15, -0.1) is 0 Å². The molecule has 2 rings (SSSR count). The predicted octanol–water partition coefficient (Wildman–Crippen LogP) is 2.11. The standard InChI is InChI=1S/C13H15F4N3O2/c1-2-9-11(14)12(19-7-18-9)22-8-3-4-20(6-8)10(21)5-13(15,16)17/h7-8H,2-6H2,1H3/t8-/m0/s1. The van der Waals surface area contributed by atoms with E-state index in [0.717, 1.165) is 4.90 Å². The van der Waals surface area contributed by atoms with E-state index in [4.69, 9.17) is 4.74 Å². The predicted molar refractivity (Wildman–Crippen MR) is 67.7 cm³/mol. The molecule has 1 fully saturated rings. The summed E-state index contributed by atoms with van der Waals surface area (Å²) in [6, 6.07) is 0. The summed E-state index contributed by atoms with van der Waals surface area (Å²) in [7, 11) is 0. The van der Waals surface area contributed by atoms with E-state index >= 15 is 0 Å². The Morgan fingerprint density at radius 2 is 2.18 bits per heavy atom. The van der Waals surface area contributed by atoms with E-state index in [1.54, 1.807) is 6.92 Å². The van der Waals surface area contributed by atoms with Crippen LogP contribution in [0.1, 0.15) is 25.5 Å². The molecule has 0 N–H and O–H groups in total. The molecule has 1 aliphatic rings. The molecule has 5 nitrogen and oxygen atoms in total. The van der Waals surface area contributed by atoms with Gasteiger partial charge in [-0.25, -0.2) is 4.98 Å². The summed E-state index contributed by atoms with van der Waals surface area (Å²) in [6.07, 6.45) is -4.75. The molecule has 1 aromatic rings. The van der Waals surface area contributed by atoms with Crippen LogP contribution < -0.4 is 4.74 Å². The zero-order valence-electron chi connectivity index (χ0n) is 11.9. The number of rotatable bonds is 4. The second-order valence-electron chi connectivity index (χ2n) is 4.95. The Bertz CT molecular complexity index is 551. The van der Waals surface area contributed by atoms with Crippen LogP contribution in [-0.2, 0) is 11.2 Å². The van der Waals surface area contributed by atoms with Gasteiger partial charge in [0.2, 0.25) is 11.7 Å². The Hall–Kier alpha value is -1.93. The van der Waals surface area contributed by atoms with E-state index in [1.165, 1.54) is 6.33 Å². The van der Waals surface area contributed by atoms with E-state index in [-0.39, 0.29) is 24.7 Å². The van der Waals surface area contributed by atoms with E-state index in [0.29, 0.717) is 12.8 Å². The first kappa shape index (κ1) is 16.4. The van der Waals surface area contributed by atoms with Crippen molar-refractivity contribution in [2.45, 2.75) is 38.5 Å². The fourth-order valence-corrected chi connectivity index (χ4v) is 2.21. The fourth-order valence-electron chi connectivity index (χ4n) is 2.21. The van der Waals surface area contributed by atoms with Gasteiger partial charge in [0.25, 0.3) is 5.88 Å². The average molecular weight is 321 g/mol. The number of carbonyl (C=O) groups is 1. The Morgan fingerprint density at radius 1 is 1.45 bits per heavy atom. The molecule has 9 heteroatoms. The van der Waals surface area contributed by atoms with Crippen LogP contribution in [0.25, 0.3) is 0 Å².